The minimum Gasteiger partial charge on any atom is -0.324 e. The molecular formula is C16H17F3N4O. The highest BCUT2D eigenvalue weighted by Crippen LogP contribution is 2.38. The Morgan fingerprint density at radius 3 is 2.62 bits per heavy atom. The molecule has 8 heteroatoms. The number of hydrazone groups is 1. The van der Waals surface area contributed by atoms with E-state index in [9.17, 15) is 18.0 Å². The Morgan fingerprint density at radius 1 is 1.46 bits per heavy atom. The van der Waals surface area contributed by atoms with Crippen LogP contribution in [0, 0.1) is 12.5 Å². The van der Waals surface area contributed by atoms with Crippen molar-refractivity contribution in [2.75, 3.05) is 5.32 Å². The van der Waals surface area contributed by atoms with Gasteiger partial charge in [0.1, 0.15) is 5.54 Å². The molecule has 1 aliphatic heterocycles. The third kappa shape index (κ3) is 3.50. The van der Waals surface area contributed by atoms with Crippen LogP contribution in [0.15, 0.2) is 23.3 Å². The first-order chi connectivity index (χ1) is 11.1. The first-order valence-electron chi connectivity index (χ1n) is 7.30. The van der Waals surface area contributed by atoms with Crippen molar-refractivity contribution in [3.8, 4) is 0 Å². The number of nitrogens with zero attached hydrogens (tertiary/aromatic N) is 2. The van der Waals surface area contributed by atoms with Gasteiger partial charge in [-0.05, 0) is 25.0 Å². The number of carbonyl (C=O) groups is 1. The van der Waals surface area contributed by atoms with E-state index in [1.54, 1.807) is 6.92 Å². The highest BCUT2D eigenvalue weighted by molar-refractivity contribution is 6.03. The molecule has 5 nitrogen and oxygen atoms in total. The second-order valence-corrected chi connectivity index (χ2v) is 6.17. The zero-order valence-electron chi connectivity index (χ0n) is 13.5. The van der Waals surface area contributed by atoms with Gasteiger partial charge in [-0.1, -0.05) is 19.9 Å². The van der Waals surface area contributed by atoms with Crippen molar-refractivity contribution in [3.05, 3.63) is 35.2 Å². The van der Waals surface area contributed by atoms with Gasteiger partial charge >= 0.3 is 6.18 Å². The van der Waals surface area contributed by atoms with Crippen molar-refractivity contribution in [1.82, 2.24) is 5.43 Å². The quantitative estimate of drug-likeness (QED) is 0.820. The summed E-state index contributed by atoms with van der Waals surface area (Å²) < 4.78 is 38.9. The van der Waals surface area contributed by atoms with Gasteiger partial charge < -0.3 is 5.32 Å². The Balaban J connectivity index is 2.21. The van der Waals surface area contributed by atoms with Gasteiger partial charge in [-0.25, -0.2) is 4.85 Å². The zero-order valence-corrected chi connectivity index (χ0v) is 13.5. The van der Waals surface area contributed by atoms with Crippen LogP contribution in [-0.4, -0.2) is 17.2 Å². The molecule has 0 bridgehead atoms. The van der Waals surface area contributed by atoms with Crippen LogP contribution in [0.4, 0.5) is 24.5 Å². The van der Waals surface area contributed by atoms with Crippen LogP contribution in [0.5, 0.6) is 0 Å². The summed E-state index contributed by atoms with van der Waals surface area (Å²) in [6, 6.07) is 3.10. The smallest absolute Gasteiger partial charge is 0.324 e. The zero-order chi connectivity index (χ0) is 18.1. The number of hydrogen-bond donors (Lipinski definition) is 2. The lowest BCUT2D eigenvalue weighted by atomic mass is 9.91. The molecule has 0 aromatic heterocycles. The van der Waals surface area contributed by atoms with E-state index in [2.05, 4.69) is 20.7 Å². The molecule has 24 heavy (non-hydrogen) atoms. The fourth-order valence-electron chi connectivity index (χ4n) is 2.31. The van der Waals surface area contributed by atoms with Crippen LogP contribution in [0.3, 0.4) is 0 Å². The first-order valence-corrected chi connectivity index (χ1v) is 7.30. The molecule has 0 saturated heterocycles. The van der Waals surface area contributed by atoms with Gasteiger partial charge in [0.15, 0.2) is 5.69 Å². The molecule has 1 aromatic rings. The number of halogens is 3. The van der Waals surface area contributed by atoms with Crippen LogP contribution in [-0.2, 0) is 11.0 Å². The SMILES string of the molecule is [C-]#[N+]c1ccc(NC(=O)C2(C)CC(C(C)C)=NN2)cc1C(F)(F)F. The number of carbonyl (C=O) groups excluding carboxylic acids is 1. The summed E-state index contributed by atoms with van der Waals surface area (Å²) in [5.41, 5.74) is 0.978. The predicted molar refractivity (Wildman–Crippen MR) is 84.8 cm³/mol. The molecular weight excluding hydrogens is 321 g/mol. The normalized spacial score (nSPS) is 20.3. The fourth-order valence-corrected chi connectivity index (χ4v) is 2.31. The summed E-state index contributed by atoms with van der Waals surface area (Å²) >= 11 is 0. The lowest BCUT2D eigenvalue weighted by Gasteiger charge is -2.23. The second-order valence-electron chi connectivity index (χ2n) is 6.17. The Hall–Kier alpha value is -2.56. The molecule has 2 N–H and O–H groups in total. The average molecular weight is 338 g/mol. The monoisotopic (exact) mass is 338 g/mol. The van der Waals surface area contributed by atoms with Crippen LogP contribution in [0.2, 0.25) is 0 Å². The number of amides is 1. The van der Waals surface area contributed by atoms with Crippen LogP contribution in [0.25, 0.3) is 4.85 Å². The van der Waals surface area contributed by atoms with Gasteiger partial charge in [-0.3, -0.25) is 10.2 Å². The standard InChI is InChI=1S/C16H17F3N4O/c1-9(2)13-8-15(3,23-22-13)14(24)21-10-5-6-12(20-4)11(7-10)16(17,18)19/h5-7,9,23H,8H2,1-3H3,(H,21,24). The summed E-state index contributed by atoms with van der Waals surface area (Å²) in [7, 11) is 0. The molecule has 2 rings (SSSR count). The molecule has 1 aromatic carbocycles. The number of anilines is 1. The molecule has 1 heterocycles. The molecule has 1 amide bonds. The molecule has 0 saturated carbocycles. The van der Waals surface area contributed by atoms with E-state index >= 15 is 0 Å². The Labute approximate surface area is 137 Å². The molecule has 1 atom stereocenters. The summed E-state index contributed by atoms with van der Waals surface area (Å²) in [5.74, 6) is -0.313. The maximum absolute atomic E-state index is 13.0. The van der Waals surface area contributed by atoms with Crippen molar-refractivity contribution in [2.45, 2.75) is 38.9 Å². The van der Waals surface area contributed by atoms with E-state index < -0.39 is 28.9 Å². The number of nitrogens with one attached hydrogen (secondary N) is 2. The summed E-state index contributed by atoms with van der Waals surface area (Å²) in [5, 5.41) is 6.59. The van der Waals surface area contributed by atoms with Gasteiger partial charge in [-0.2, -0.15) is 18.3 Å². The van der Waals surface area contributed by atoms with E-state index in [1.807, 2.05) is 13.8 Å². The third-order valence-corrected chi connectivity index (χ3v) is 3.83. The molecule has 0 spiro atoms. The largest absolute Gasteiger partial charge is 0.407 e. The second kappa shape index (κ2) is 6.15. The number of hydrogen-bond acceptors (Lipinski definition) is 3. The van der Waals surface area contributed by atoms with Crippen molar-refractivity contribution in [2.24, 2.45) is 11.0 Å². The molecule has 1 aliphatic rings. The Bertz CT molecular complexity index is 734. The predicted octanol–water partition coefficient (Wildman–Crippen LogP) is 3.96. The lowest BCUT2D eigenvalue weighted by molar-refractivity contribution is -0.136. The van der Waals surface area contributed by atoms with E-state index in [-0.39, 0.29) is 11.6 Å². The summed E-state index contributed by atoms with van der Waals surface area (Å²) in [6.45, 7) is 12.4. The van der Waals surface area contributed by atoms with Crippen molar-refractivity contribution in [3.63, 3.8) is 0 Å². The maximum atomic E-state index is 13.0. The van der Waals surface area contributed by atoms with Crippen LogP contribution in [0.1, 0.15) is 32.8 Å². The average Bonchev–Trinajstić information content (AvgIpc) is 2.90. The number of rotatable bonds is 3. The maximum Gasteiger partial charge on any atom is 0.407 e. The third-order valence-electron chi connectivity index (χ3n) is 3.83. The van der Waals surface area contributed by atoms with Crippen molar-refractivity contribution >= 4 is 23.0 Å². The van der Waals surface area contributed by atoms with Crippen molar-refractivity contribution < 1.29 is 18.0 Å². The van der Waals surface area contributed by atoms with Gasteiger partial charge in [0.25, 0.3) is 5.91 Å². The summed E-state index contributed by atoms with van der Waals surface area (Å²) in [4.78, 5) is 15.3. The highest BCUT2D eigenvalue weighted by atomic mass is 19.4. The number of benzene rings is 1. The van der Waals surface area contributed by atoms with E-state index in [4.69, 9.17) is 6.57 Å². The topological polar surface area (TPSA) is 57.9 Å². The molecule has 1 unspecified atom stereocenters. The molecule has 0 fully saturated rings. The Kier molecular flexibility index (Phi) is 4.56. The van der Waals surface area contributed by atoms with Gasteiger partial charge in [0, 0.05) is 17.8 Å². The lowest BCUT2D eigenvalue weighted by Crippen LogP contribution is -2.47. The molecule has 0 aliphatic carbocycles. The van der Waals surface area contributed by atoms with Crippen LogP contribution < -0.4 is 10.7 Å². The van der Waals surface area contributed by atoms with Crippen molar-refractivity contribution in [1.29, 1.82) is 0 Å². The van der Waals surface area contributed by atoms with Gasteiger partial charge in [0.2, 0.25) is 0 Å². The minimum absolute atomic E-state index is 0.0132. The number of alkyl halides is 3. The van der Waals surface area contributed by atoms with Gasteiger partial charge in [0.05, 0.1) is 12.1 Å². The highest BCUT2D eigenvalue weighted by Gasteiger charge is 2.39. The fraction of sp³-hybridized carbons (Fsp3) is 0.438. The molecule has 0 radical (unpaired) electrons. The van der Waals surface area contributed by atoms with E-state index in [0.29, 0.717) is 6.42 Å². The van der Waals surface area contributed by atoms with Crippen LogP contribution >= 0.6 is 0 Å². The Morgan fingerprint density at radius 2 is 2.12 bits per heavy atom. The first kappa shape index (κ1) is 17.8. The summed E-state index contributed by atoms with van der Waals surface area (Å²) in [6.07, 6.45) is -4.28. The van der Waals surface area contributed by atoms with E-state index in [1.165, 1.54) is 6.07 Å². The minimum atomic E-state index is -4.66. The molecule has 128 valence electrons. The van der Waals surface area contributed by atoms with E-state index in [0.717, 1.165) is 17.8 Å². The van der Waals surface area contributed by atoms with Gasteiger partial charge in [-0.15, -0.1) is 0 Å².